The molecule has 1 N–H and O–H groups in total. The Hall–Kier alpha value is -2.28. The number of aromatic nitrogens is 4. The highest BCUT2D eigenvalue weighted by molar-refractivity contribution is 7.71. The van der Waals surface area contributed by atoms with Crippen LogP contribution in [0.4, 0.5) is 0 Å². The lowest BCUT2D eigenvalue weighted by Gasteiger charge is -2.06. The first-order chi connectivity index (χ1) is 9.22. The molecule has 1 aromatic carbocycles. The van der Waals surface area contributed by atoms with E-state index in [0.29, 0.717) is 17.6 Å². The molecule has 2 heterocycles. The highest BCUT2D eigenvalue weighted by Crippen LogP contribution is 2.22. The quantitative estimate of drug-likeness (QED) is 0.740. The summed E-state index contributed by atoms with van der Waals surface area (Å²) in [7, 11) is 0. The number of hydrogen-bond donors (Lipinski definition) is 1. The van der Waals surface area contributed by atoms with Crippen LogP contribution in [0.2, 0.25) is 0 Å². The molecule has 3 rings (SSSR count). The van der Waals surface area contributed by atoms with Gasteiger partial charge in [0.1, 0.15) is 5.82 Å². The van der Waals surface area contributed by atoms with Crippen molar-refractivity contribution in [3.63, 3.8) is 0 Å². The molecule has 6 nitrogen and oxygen atoms in total. The second-order valence-electron chi connectivity index (χ2n) is 3.89. The molecule has 0 saturated carbocycles. The molecule has 19 heavy (non-hydrogen) atoms. The molecule has 0 aliphatic rings. The maximum atomic E-state index is 5.63. The zero-order valence-electron chi connectivity index (χ0n) is 10.1. The minimum Gasteiger partial charge on any atom is -0.467 e. The number of rotatable bonds is 3. The van der Waals surface area contributed by atoms with E-state index in [-0.39, 0.29) is 11.4 Å². The second kappa shape index (κ2) is 4.77. The molecule has 0 saturated heterocycles. The maximum Gasteiger partial charge on any atom is 0.284 e. The van der Waals surface area contributed by atoms with Gasteiger partial charge < -0.3 is 9.15 Å². The third-order valence-electron chi connectivity index (χ3n) is 2.49. The Balaban J connectivity index is 1.93. The largest absolute Gasteiger partial charge is 0.467 e. The molecule has 0 radical (unpaired) electrons. The average Bonchev–Trinajstić information content (AvgIpc) is 2.81. The van der Waals surface area contributed by atoms with E-state index in [1.54, 1.807) is 0 Å². The van der Waals surface area contributed by atoms with E-state index in [1.807, 2.05) is 31.2 Å². The summed E-state index contributed by atoms with van der Waals surface area (Å²) in [6.07, 6.45) is 0. The number of aromatic amines is 1. The normalized spacial score (nSPS) is 10.8. The summed E-state index contributed by atoms with van der Waals surface area (Å²) in [5.74, 6) is 1.54. The van der Waals surface area contributed by atoms with Gasteiger partial charge in [-0.2, -0.15) is 4.98 Å². The Labute approximate surface area is 113 Å². The number of aryl methyl sites for hydroxylation is 1. The monoisotopic (exact) mass is 274 g/mol. The highest BCUT2D eigenvalue weighted by atomic mass is 32.1. The molecular weight excluding hydrogens is 264 g/mol. The van der Waals surface area contributed by atoms with Crippen molar-refractivity contribution < 1.29 is 9.15 Å². The summed E-state index contributed by atoms with van der Waals surface area (Å²) in [6.45, 7) is 1.98. The van der Waals surface area contributed by atoms with Gasteiger partial charge in [0, 0.05) is 0 Å². The van der Waals surface area contributed by atoms with E-state index in [2.05, 4.69) is 20.2 Å². The van der Waals surface area contributed by atoms with E-state index in [4.69, 9.17) is 21.4 Å². The molecule has 0 bridgehead atoms. The fourth-order valence-corrected chi connectivity index (χ4v) is 1.86. The number of H-pyrrole nitrogens is 1. The van der Waals surface area contributed by atoms with E-state index in [0.717, 1.165) is 10.9 Å². The van der Waals surface area contributed by atoms with Gasteiger partial charge in [0.2, 0.25) is 5.88 Å². The Bertz CT molecular complexity index is 780. The molecule has 96 valence electrons. The van der Waals surface area contributed by atoms with E-state index < -0.39 is 0 Å². The molecule has 0 unspecified atom stereocenters. The number of ether oxygens (including phenoxy) is 1. The Morgan fingerprint density at radius 2 is 2.16 bits per heavy atom. The fourth-order valence-electron chi connectivity index (χ4n) is 1.72. The van der Waals surface area contributed by atoms with Gasteiger partial charge in [0.15, 0.2) is 6.61 Å². The molecule has 0 amide bonds. The van der Waals surface area contributed by atoms with Crippen molar-refractivity contribution in [2.75, 3.05) is 0 Å². The van der Waals surface area contributed by atoms with Gasteiger partial charge in [-0.3, -0.25) is 0 Å². The molecule has 3 aromatic rings. The summed E-state index contributed by atoms with van der Waals surface area (Å²) in [5.41, 5.74) is 0.841. The van der Waals surface area contributed by atoms with Crippen molar-refractivity contribution in [3.05, 3.63) is 40.8 Å². The lowest BCUT2D eigenvalue weighted by atomic mass is 10.2. The first-order valence-corrected chi connectivity index (χ1v) is 6.04. The van der Waals surface area contributed by atoms with E-state index >= 15 is 0 Å². The van der Waals surface area contributed by atoms with Gasteiger partial charge in [0.25, 0.3) is 10.7 Å². The molecule has 2 aromatic heterocycles. The van der Waals surface area contributed by atoms with Crippen LogP contribution >= 0.6 is 12.2 Å². The Morgan fingerprint density at radius 1 is 1.32 bits per heavy atom. The van der Waals surface area contributed by atoms with Gasteiger partial charge in [-0.25, -0.2) is 10.1 Å². The molecule has 0 aliphatic heterocycles. The van der Waals surface area contributed by atoms with Crippen LogP contribution in [0, 0.1) is 11.8 Å². The lowest BCUT2D eigenvalue weighted by molar-refractivity contribution is 0.255. The van der Waals surface area contributed by atoms with E-state index in [1.165, 1.54) is 0 Å². The third-order valence-corrected chi connectivity index (χ3v) is 2.67. The van der Waals surface area contributed by atoms with Crippen LogP contribution in [-0.2, 0) is 6.61 Å². The van der Waals surface area contributed by atoms with Gasteiger partial charge in [-0.15, -0.1) is 5.10 Å². The Kier molecular flexibility index (Phi) is 2.96. The molecule has 0 aliphatic carbocycles. The minimum absolute atomic E-state index is 0.160. The zero-order valence-corrected chi connectivity index (χ0v) is 10.9. The van der Waals surface area contributed by atoms with Gasteiger partial charge >= 0.3 is 0 Å². The number of nitrogens with zero attached hydrogens (tertiary/aromatic N) is 3. The number of hydrogen-bond acceptors (Lipinski definition) is 6. The summed E-state index contributed by atoms with van der Waals surface area (Å²) in [4.78, 5) is 8.85. The van der Waals surface area contributed by atoms with Crippen LogP contribution < -0.4 is 4.74 Å². The van der Waals surface area contributed by atoms with Gasteiger partial charge in [-0.05, 0) is 31.3 Å². The minimum atomic E-state index is 0.160. The first kappa shape index (κ1) is 11.8. The molecule has 0 spiro atoms. The van der Waals surface area contributed by atoms with Crippen molar-refractivity contribution in [1.82, 2.24) is 20.2 Å². The summed E-state index contributed by atoms with van der Waals surface area (Å²) in [5, 5.41) is 7.26. The third kappa shape index (κ3) is 2.45. The number of benzene rings is 1. The molecule has 0 atom stereocenters. The standard InChI is InChI=1S/C12H10N4O2S/c1-7-13-9-5-3-2-4-8(9)11(14-7)17-6-10-15-16-12(19)18-10/h2-5H,6H2,1H3,(H,16,19). The number of nitrogens with one attached hydrogen (secondary N) is 1. The van der Waals surface area contributed by atoms with Crippen LogP contribution in [0.1, 0.15) is 11.7 Å². The van der Waals surface area contributed by atoms with Gasteiger partial charge in [-0.1, -0.05) is 12.1 Å². The smallest absolute Gasteiger partial charge is 0.284 e. The average molecular weight is 274 g/mol. The van der Waals surface area contributed by atoms with Crippen molar-refractivity contribution in [3.8, 4) is 5.88 Å². The van der Waals surface area contributed by atoms with E-state index in [9.17, 15) is 0 Å². The first-order valence-electron chi connectivity index (χ1n) is 5.63. The van der Waals surface area contributed by atoms with Crippen LogP contribution in [0.15, 0.2) is 28.7 Å². The van der Waals surface area contributed by atoms with Gasteiger partial charge in [0.05, 0.1) is 10.9 Å². The lowest BCUT2D eigenvalue weighted by Crippen LogP contribution is -2.01. The highest BCUT2D eigenvalue weighted by Gasteiger charge is 2.08. The van der Waals surface area contributed by atoms with Crippen molar-refractivity contribution >= 4 is 23.1 Å². The fraction of sp³-hybridized carbons (Fsp3) is 0.167. The molecule has 7 heteroatoms. The SMILES string of the molecule is Cc1nc(OCc2n[nH]c(=S)o2)c2ccccc2n1. The maximum absolute atomic E-state index is 5.63. The second-order valence-corrected chi connectivity index (χ2v) is 4.26. The summed E-state index contributed by atoms with van der Waals surface area (Å²) in [6, 6.07) is 7.65. The van der Waals surface area contributed by atoms with Crippen molar-refractivity contribution in [2.45, 2.75) is 13.5 Å². The molecular formula is C12H10N4O2S. The van der Waals surface area contributed by atoms with Crippen molar-refractivity contribution in [2.24, 2.45) is 0 Å². The van der Waals surface area contributed by atoms with Crippen LogP contribution in [-0.4, -0.2) is 20.2 Å². The number of fused-ring (bicyclic) bond motifs is 1. The summed E-state index contributed by atoms with van der Waals surface area (Å²) >= 11 is 4.80. The summed E-state index contributed by atoms with van der Waals surface area (Å²) < 4.78 is 10.8. The molecule has 0 fully saturated rings. The topological polar surface area (TPSA) is 76.8 Å². The Morgan fingerprint density at radius 3 is 2.95 bits per heavy atom. The predicted molar refractivity (Wildman–Crippen MR) is 70.3 cm³/mol. The van der Waals surface area contributed by atoms with Crippen LogP contribution in [0.5, 0.6) is 5.88 Å². The van der Waals surface area contributed by atoms with Crippen LogP contribution in [0.25, 0.3) is 10.9 Å². The zero-order chi connectivity index (χ0) is 13.2. The van der Waals surface area contributed by atoms with Crippen molar-refractivity contribution in [1.29, 1.82) is 0 Å². The van der Waals surface area contributed by atoms with Crippen LogP contribution in [0.3, 0.4) is 0 Å². The number of para-hydroxylation sites is 1. The predicted octanol–water partition coefficient (Wildman–Crippen LogP) is 2.56.